The van der Waals surface area contributed by atoms with Crippen LogP contribution in [0.15, 0.2) is 27.5 Å². The second kappa shape index (κ2) is 4.85. The summed E-state index contributed by atoms with van der Waals surface area (Å²) in [5.41, 5.74) is -0.402. The minimum atomic E-state index is -0.736. The van der Waals surface area contributed by atoms with Crippen LogP contribution in [0, 0.1) is 11.6 Å². The molecule has 0 amide bonds. The molecule has 1 aromatic heterocycles. The molecule has 0 bridgehead atoms. The average molecular weight is 317 g/mol. The molecular weight excluding hydrogens is 310 g/mol. The van der Waals surface area contributed by atoms with Gasteiger partial charge in [0.25, 0.3) is 5.56 Å². The van der Waals surface area contributed by atoms with Gasteiger partial charge in [-0.3, -0.25) is 4.79 Å². The van der Waals surface area contributed by atoms with Crippen LogP contribution in [0.25, 0.3) is 0 Å². The zero-order chi connectivity index (χ0) is 13.3. The van der Waals surface area contributed by atoms with Gasteiger partial charge in [-0.25, -0.2) is 8.78 Å². The molecule has 0 atom stereocenters. The monoisotopic (exact) mass is 316 g/mol. The summed E-state index contributed by atoms with van der Waals surface area (Å²) < 4.78 is 26.0. The number of benzene rings is 1. The molecule has 0 saturated carbocycles. The molecule has 0 aliphatic carbocycles. The molecule has 4 nitrogen and oxygen atoms in total. The van der Waals surface area contributed by atoms with Gasteiger partial charge >= 0.3 is 0 Å². The maximum absolute atomic E-state index is 13.4. The molecule has 18 heavy (non-hydrogen) atoms. The van der Waals surface area contributed by atoms with E-state index in [-0.39, 0.29) is 22.3 Å². The Balaban J connectivity index is 2.37. The van der Waals surface area contributed by atoms with Gasteiger partial charge in [0.2, 0.25) is 5.88 Å². The summed E-state index contributed by atoms with van der Waals surface area (Å²) in [6.07, 6.45) is -0.0534. The highest BCUT2D eigenvalue weighted by Gasteiger charge is 2.10. The van der Waals surface area contributed by atoms with E-state index in [1.54, 1.807) is 0 Å². The molecule has 0 saturated heterocycles. The Bertz CT molecular complexity index is 658. The topological polar surface area (TPSA) is 66.0 Å². The lowest BCUT2D eigenvalue weighted by Crippen LogP contribution is -2.12. The summed E-state index contributed by atoms with van der Waals surface area (Å²) in [7, 11) is 0. The van der Waals surface area contributed by atoms with E-state index < -0.39 is 23.1 Å². The van der Waals surface area contributed by atoms with Crippen LogP contribution in [0.3, 0.4) is 0 Å². The van der Waals surface area contributed by atoms with Crippen molar-refractivity contribution in [1.29, 1.82) is 0 Å². The summed E-state index contributed by atoms with van der Waals surface area (Å²) in [5.74, 6) is -1.81. The van der Waals surface area contributed by atoms with Crippen LogP contribution in [0.2, 0.25) is 0 Å². The van der Waals surface area contributed by atoms with Crippen molar-refractivity contribution in [2.45, 2.75) is 6.42 Å². The lowest BCUT2D eigenvalue weighted by atomic mass is 10.1. The van der Waals surface area contributed by atoms with Gasteiger partial charge in [0.1, 0.15) is 21.9 Å². The highest BCUT2D eigenvalue weighted by Crippen LogP contribution is 2.17. The Morgan fingerprint density at radius 1 is 1.39 bits per heavy atom. The standard InChI is InChI=1S/C11H7BrF2N2O2/c12-9-10(17)15-8(16-11(9)18)3-5-1-2-6(13)4-7(5)14/h1-2,4H,3H2,(H2,15,16,17,18). The van der Waals surface area contributed by atoms with Crippen molar-refractivity contribution in [2.24, 2.45) is 0 Å². The Hall–Kier alpha value is -1.76. The molecule has 2 rings (SSSR count). The van der Waals surface area contributed by atoms with Crippen LogP contribution >= 0.6 is 15.9 Å². The van der Waals surface area contributed by atoms with Gasteiger partial charge in [-0.05, 0) is 27.6 Å². The molecule has 94 valence electrons. The molecule has 7 heteroatoms. The second-order valence-corrected chi connectivity index (χ2v) is 4.36. The third-order valence-corrected chi connectivity index (χ3v) is 2.98. The number of hydrogen-bond acceptors (Lipinski definition) is 3. The number of halogens is 3. The Morgan fingerprint density at radius 2 is 2.11 bits per heavy atom. The molecular formula is C11H7BrF2N2O2. The SMILES string of the molecule is O=c1[nH]c(Cc2ccc(F)cc2F)nc(O)c1Br. The van der Waals surface area contributed by atoms with Gasteiger partial charge in [-0.15, -0.1) is 0 Å². The van der Waals surface area contributed by atoms with Crippen LogP contribution in [0.1, 0.15) is 11.4 Å². The first kappa shape index (κ1) is 12.7. The number of aromatic nitrogens is 2. The Morgan fingerprint density at radius 3 is 2.72 bits per heavy atom. The maximum atomic E-state index is 13.4. The molecule has 0 spiro atoms. The van der Waals surface area contributed by atoms with Crippen molar-refractivity contribution in [3.05, 3.63) is 56.0 Å². The first-order valence-corrected chi connectivity index (χ1v) is 5.68. The van der Waals surface area contributed by atoms with Crippen LogP contribution in [-0.4, -0.2) is 15.1 Å². The van der Waals surface area contributed by atoms with Crippen molar-refractivity contribution in [3.8, 4) is 5.88 Å². The number of aromatic amines is 1. The van der Waals surface area contributed by atoms with Gasteiger partial charge in [0.15, 0.2) is 0 Å². The fourth-order valence-corrected chi connectivity index (χ4v) is 1.61. The summed E-state index contributed by atoms with van der Waals surface area (Å²) in [4.78, 5) is 17.4. The molecule has 2 N–H and O–H groups in total. The number of nitrogens with zero attached hydrogens (tertiary/aromatic N) is 1. The smallest absolute Gasteiger partial charge is 0.269 e. The molecule has 0 radical (unpaired) electrons. The molecule has 1 aromatic carbocycles. The normalized spacial score (nSPS) is 10.6. The van der Waals surface area contributed by atoms with Gasteiger partial charge in [-0.2, -0.15) is 4.98 Å². The summed E-state index contributed by atoms with van der Waals surface area (Å²) in [6.45, 7) is 0. The zero-order valence-electron chi connectivity index (χ0n) is 8.88. The lowest BCUT2D eigenvalue weighted by Gasteiger charge is -2.04. The lowest BCUT2D eigenvalue weighted by molar-refractivity contribution is 0.444. The van der Waals surface area contributed by atoms with E-state index in [0.29, 0.717) is 0 Å². The van der Waals surface area contributed by atoms with E-state index >= 15 is 0 Å². The fraction of sp³-hybridized carbons (Fsp3) is 0.0909. The van der Waals surface area contributed by atoms with E-state index in [1.165, 1.54) is 6.07 Å². The van der Waals surface area contributed by atoms with Gasteiger partial charge < -0.3 is 10.1 Å². The molecule has 0 fully saturated rings. The van der Waals surface area contributed by atoms with Crippen molar-refractivity contribution >= 4 is 15.9 Å². The van der Waals surface area contributed by atoms with Crippen LogP contribution in [0.5, 0.6) is 5.88 Å². The third-order valence-electron chi connectivity index (χ3n) is 2.27. The van der Waals surface area contributed by atoms with Crippen molar-refractivity contribution in [1.82, 2.24) is 9.97 Å². The molecule has 0 aliphatic rings. The maximum Gasteiger partial charge on any atom is 0.269 e. The number of nitrogens with one attached hydrogen (secondary N) is 1. The summed E-state index contributed by atoms with van der Waals surface area (Å²) in [6, 6.07) is 3.10. The molecule has 1 heterocycles. The van der Waals surface area contributed by atoms with Gasteiger partial charge in [-0.1, -0.05) is 6.07 Å². The second-order valence-electron chi connectivity index (χ2n) is 3.56. The summed E-state index contributed by atoms with van der Waals surface area (Å²) >= 11 is 2.84. The fourth-order valence-electron chi connectivity index (χ4n) is 1.42. The first-order valence-electron chi connectivity index (χ1n) is 4.89. The molecule has 2 aromatic rings. The molecule has 0 aliphatic heterocycles. The first-order chi connectivity index (χ1) is 8.47. The predicted octanol–water partition coefficient (Wildman–Crippen LogP) is 2.11. The largest absolute Gasteiger partial charge is 0.492 e. The van der Waals surface area contributed by atoms with Crippen LogP contribution in [0.4, 0.5) is 8.78 Å². The van der Waals surface area contributed by atoms with E-state index in [1.807, 2.05) is 0 Å². The van der Waals surface area contributed by atoms with E-state index in [0.717, 1.165) is 12.1 Å². The van der Waals surface area contributed by atoms with Crippen LogP contribution in [-0.2, 0) is 6.42 Å². The minimum Gasteiger partial charge on any atom is -0.492 e. The van der Waals surface area contributed by atoms with Crippen molar-refractivity contribution < 1.29 is 13.9 Å². The third kappa shape index (κ3) is 2.56. The van der Waals surface area contributed by atoms with Gasteiger partial charge in [0, 0.05) is 12.5 Å². The predicted molar refractivity (Wildman–Crippen MR) is 63.4 cm³/mol. The Kier molecular flexibility index (Phi) is 3.42. The number of rotatable bonds is 2. The Labute approximate surface area is 108 Å². The quantitative estimate of drug-likeness (QED) is 0.891. The molecule has 0 unspecified atom stereocenters. The number of aromatic hydroxyl groups is 1. The van der Waals surface area contributed by atoms with E-state index in [4.69, 9.17) is 0 Å². The average Bonchev–Trinajstić information content (AvgIpc) is 2.29. The summed E-state index contributed by atoms with van der Waals surface area (Å²) in [5, 5.41) is 9.34. The van der Waals surface area contributed by atoms with E-state index in [2.05, 4.69) is 25.9 Å². The van der Waals surface area contributed by atoms with Gasteiger partial charge in [0.05, 0.1) is 0 Å². The zero-order valence-corrected chi connectivity index (χ0v) is 10.5. The minimum absolute atomic E-state index is 0.0534. The number of H-pyrrole nitrogens is 1. The van der Waals surface area contributed by atoms with Crippen molar-refractivity contribution in [3.63, 3.8) is 0 Å². The van der Waals surface area contributed by atoms with Crippen molar-refractivity contribution in [2.75, 3.05) is 0 Å². The van der Waals surface area contributed by atoms with E-state index in [9.17, 15) is 18.7 Å². The van der Waals surface area contributed by atoms with Crippen LogP contribution < -0.4 is 5.56 Å². The highest BCUT2D eigenvalue weighted by molar-refractivity contribution is 9.10. The highest BCUT2D eigenvalue weighted by atomic mass is 79.9. The number of hydrogen-bond donors (Lipinski definition) is 2.